The van der Waals surface area contributed by atoms with Crippen LogP contribution in [0.4, 0.5) is 30.2 Å². The fraction of sp³-hybridized carbons (Fsp3) is 0.154. The first-order valence-electron chi connectivity index (χ1n) is 29.3. The van der Waals surface area contributed by atoms with Crippen molar-refractivity contribution < 1.29 is 66.0 Å². The molecule has 8 heterocycles. The van der Waals surface area contributed by atoms with Crippen molar-refractivity contribution in [2.24, 2.45) is 13.2 Å². The lowest BCUT2D eigenvalue weighted by molar-refractivity contribution is -0.120. The Morgan fingerprint density at radius 3 is 1.45 bits per heavy atom. The lowest BCUT2D eigenvalue weighted by Gasteiger charge is -2.37. The summed E-state index contributed by atoms with van der Waals surface area (Å²) >= 11 is 37.7. The summed E-state index contributed by atoms with van der Waals surface area (Å²) < 4.78 is 160. The number of amides is 2. The second-order valence-corrected chi connectivity index (χ2v) is 38.9. The van der Waals surface area contributed by atoms with E-state index < -0.39 is 82.2 Å². The number of rotatable bonds is 17. The predicted molar refractivity (Wildman–Crippen MR) is 450 cm³/mol. The molecule has 0 aliphatic carbocycles. The fourth-order valence-electron chi connectivity index (χ4n) is 8.66. The molecule has 6 N–H and O–H groups in total. The Hall–Kier alpha value is -5.84. The Balaban J connectivity index is 0.000000245. The molecule has 23 nitrogen and oxygen atoms in total. The first-order chi connectivity index (χ1) is 49.7. The molecule has 0 bridgehead atoms. The molecule has 3 aromatic carbocycles. The molecule has 0 radical (unpaired) electrons. The summed E-state index contributed by atoms with van der Waals surface area (Å²) in [5.74, 6) is -3.65. The van der Waals surface area contributed by atoms with E-state index in [-0.39, 0.29) is 100 Å². The summed E-state index contributed by atoms with van der Waals surface area (Å²) in [6.45, 7) is 16.5. The van der Waals surface area contributed by atoms with Crippen molar-refractivity contribution in [2.75, 3.05) is 40.4 Å². The smallest absolute Gasteiger partial charge is 0.345 e. The zero-order valence-corrected chi connectivity index (χ0v) is 71.8. The molecular weight excluding hydrogens is 1990 g/mol. The molecule has 1 saturated heterocycles. The number of anilines is 3. The van der Waals surface area contributed by atoms with Gasteiger partial charge in [0, 0.05) is 46.8 Å². The van der Waals surface area contributed by atoms with E-state index >= 15 is 0 Å². The fourth-order valence-corrected chi connectivity index (χ4v) is 19.9. The highest BCUT2D eigenvalue weighted by molar-refractivity contribution is 14.1. The van der Waals surface area contributed by atoms with E-state index in [9.17, 15) is 66.0 Å². The van der Waals surface area contributed by atoms with E-state index in [0.717, 1.165) is 49.5 Å². The highest BCUT2D eigenvalue weighted by atomic mass is 127. The molecule has 0 spiro atoms. The number of ketones is 2. The quantitative estimate of drug-likeness (QED) is 0.0245. The summed E-state index contributed by atoms with van der Waals surface area (Å²) in [6, 6.07) is 24.1. The van der Waals surface area contributed by atoms with E-state index in [1.807, 2.05) is 12.1 Å². The van der Waals surface area contributed by atoms with Crippen LogP contribution in [0.2, 0.25) is 15.1 Å². The van der Waals surface area contributed by atoms with Crippen LogP contribution in [0, 0.1) is 17.5 Å². The Bertz CT molecular complexity index is 5240. The largest absolute Gasteiger partial charge is 0.399 e. The van der Waals surface area contributed by atoms with Crippen molar-refractivity contribution in [2.45, 2.75) is 39.8 Å². The molecule has 4 aliphatic rings. The van der Waals surface area contributed by atoms with Gasteiger partial charge in [0.15, 0.2) is 11.6 Å². The first kappa shape index (κ1) is 91.8. The first-order valence-corrected chi connectivity index (χ1v) is 44.1. The van der Waals surface area contributed by atoms with Gasteiger partial charge in [0.25, 0.3) is 16.1 Å². The van der Waals surface area contributed by atoms with Crippen LogP contribution in [0.1, 0.15) is 53.2 Å². The van der Waals surface area contributed by atoms with Gasteiger partial charge in [-0.05, 0) is 191 Å². The molecule has 7 aromatic rings. The number of nitrogens with zero attached hydrogens (tertiary/aromatic N) is 6. The van der Waals surface area contributed by atoms with Crippen LogP contribution < -0.4 is 25.8 Å². The van der Waals surface area contributed by atoms with Crippen LogP contribution in [0.3, 0.4) is 0 Å². The summed E-state index contributed by atoms with van der Waals surface area (Å²) in [4.78, 5) is 51.3. The van der Waals surface area contributed by atoms with Crippen LogP contribution in [0.15, 0.2) is 212 Å². The number of carbonyl (C=O) groups excluding carboxylic acids is 4. The maximum absolute atomic E-state index is 13.3. The van der Waals surface area contributed by atoms with Crippen molar-refractivity contribution in [1.29, 1.82) is 0 Å². The van der Waals surface area contributed by atoms with Gasteiger partial charge in [-0.25, -0.2) is 21.8 Å². The minimum Gasteiger partial charge on any atom is -0.399 e. The van der Waals surface area contributed by atoms with Crippen molar-refractivity contribution in [3.63, 3.8) is 0 Å². The molecular formula is C65H60Br4Cl3F3IN11O12S8. The van der Waals surface area contributed by atoms with Gasteiger partial charge in [-0.3, -0.25) is 23.9 Å². The Labute approximate surface area is 695 Å². The Kier molecular flexibility index (Phi) is 35.5. The normalized spacial score (nSPS) is 17.0. The summed E-state index contributed by atoms with van der Waals surface area (Å²) in [6.07, 6.45) is 10.6. The molecule has 11 rings (SSSR count). The van der Waals surface area contributed by atoms with E-state index in [2.05, 4.69) is 146 Å². The number of benzene rings is 3. The maximum atomic E-state index is 13.3. The molecule has 1 fully saturated rings. The number of nitrogens with one attached hydrogen (secondary N) is 4. The standard InChI is InChI=1S/C17H16BrClFN3O3S2.C17H12BrClFN3O3S2.C12H11BrN2O3S2.C9H7BrN2O3S2.C6H5ClFN.C3H5I.CH4/c2*1-2-7-23-14(17(24)21-10-3-4-12(20)11(19)8-10)9-13(22-28(23,25)26)15-5-6-16(18)27-15;1-3-6-15-10(8(2)16)7-9(14-20(15,17)18)11-4-5-12(13)19-11;1-5(13)6-4-7(12-17(14,15)11-6)8-2-3-9(10)16-8;7-5-3-4(9)1-2-6(5)8;1-2-3-4;/h2-6,8,13-14,22H,1,7,9H2,(H,21,24);2-6,8-9H,1,7H2,(H,21,24);3-5,7H,1,6H2,2H3;2-4,12H,1H3;1-3H,9H2;2H,1,3H2;1H4. The zero-order valence-electron chi connectivity index (χ0n) is 54.5. The van der Waals surface area contributed by atoms with E-state index in [1.165, 1.54) is 138 Å². The number of alkyl halides is 1. The third-order valence-corrected chi connectivity index (χ3v) is 26.6. The van der Waals surface area contributed by atoms with Gasteiger partial charge >= 0.3 is 30.6 Å². The average Bonchev–Trinajstić information content (AvgIpc) is 1.67. The SMILES string of the molecule is C.C=CCI.C=CCN1C(C(=O)Nc2ccc(F)c(Cl)c2)=CC(c2ccc(Br)s2)=NS1(=O)=O.C=CCN1C(C(=O)Nc2ccc(F)c(Cl)c2)CC(c2ccc(Br)s2)NS1(=O)=O.C=CCN1C(C(C)=O)=CC(c2ccc(Br)s2)=NS1(=O)=O.CC(=O)C1=NS(=O)(=O)NC(c2ccc(Br)s2)=C1.Nc1ccc(F)c(Cl)c1. The van der Waals surface area contributed by atoms with Crippen LogP contribution >= 0.6 is 166 Å². The van der Waals surface area contributed by atoms with Gasteiger partial charge < -0.3 is 16.4 Å². The molecule has 2 amide bonds. The molecule has 42 heteroatoms. The highest BCUT2D eigenvalue weighted by Gasteiger charge is 2.43. The number of nitrogen functional groups attached to an aromatic ring is 1. The summed E-state index contributed by atoms with van der Waals surface area (Å²) in [7, 11) is -15.8. The number of Topliss-reactive ketones (excluding diaryl/α,β-unsaturated/α-hetero) is 2. The number of halogens is 11. The van der Waals surface area contributed by atoms with Gasteiger partial charge in [0.2, 0.25) is 5.91 Å². The highest BCUT2D eigenvalue weighted by Crippen LogP contribution is 2.37. The van der Waals surface area contributed by atoms with Gasteiger partial charge in [0.05, 0.1) is 86.8 Å². The predicted octanol–water partition coefficient (Wildman–Crippen LogP) is 17.0. The second-order valence-electron chi connectivity index (χ2n) is 20.9. The molecule has 107 heavy (non-hydrogen) atoms. The van der Waals surface area contributed by atoms with E-state index in [4.69, 9.17) is 40.5 Å². The third-order valence-electron chi connectivity index (χ3n) is 13.2. The van der Waals surface area contributed by atoms with Gasteiger partial charge in [-0.15, -0.1) is 84.9 Å². The average molecular weight is 2050 g/mol. The zero-order chi connectivity index (χ0) is 78.8. The van der Waals surface area contributed by atoms with Crippen molar-refractivity contribution in [3.8, 4) is 0 Å². The monoisotopic (exact) mass is 2050 g/mol. The van der Waals surface area contributed by atoms with Gasteiger partial charge in [-0.1, -0.05) is 89.1 Å². The second kappa shape index (κ2) is 41.4. The van der Waals surface area contributed by atoms with Crippen LogP contribution in [-0.4, -0.2) is 117 Å². The molecule has 2 unspecified atom stereocenters. The summed E-state index contributed by atoms with van der Waals surface area (Å²) in [5.41, 5.74) is 6.90. The van der Waals surface area contributed by atoms with Crippen molar-refractivity contribution in [1.82, 2.24) is 22.4 Å². The molecule has 4 aromatic heterocycles. The van der Waals surface area contributed by atoms with E-state index in [1.54, 1.807) is 42.5 Å². The maximum Gasteiger partial charge on any atom is 0.345 e. The Morgan fingerprint density at radius 2 is 1.04 bits per heavy atom. The minimum absolute atomic E-state index is 0. The molecule has 0 saturated carbocycles. The number of allylic oxidation sites excluding steroid dienone is 5. The van der Waals surface area contributed by atoms with Gasteiger partial charge in [0.1, 0.15) is 34.9 Å². The number of thiophene rings is 4. The van der Waals surface area contributed by atoms with Crippen LogP contribution in [0.25, 0.3) is 5.70 Å². The topological polar surface area (TPSA) is 326 Å². The lowest BCUT2D eigenvalue weighted by atomic mass is 10.0. The molecule has 572 valence electrons. The van der Waals surface area contributed by atoms with Crippen molar-refractivity contribution >= 4 is 271 Å². The molecule has 2 atom stereocenters. The number of carbonyl (C=O) groups is 4. The third kappa shape index (κ3) is 26.7. The number of hydrogen-bond donors (Lipinski definition) is 5. The van der Waals surface area contributed by atoms with Crippen LogP contribution in [0.5, 0.6) is 0 Å². The summed E-state index contributed by atoms with van der Waals surface area (Å²) in [5, 5.41) is 4.90. The Morgan fingerprint density at radius 1 is 0.598 bits per heavy atom. The van der Waals surface area contributed by atoms with Gasteiger partial charge in [-0.2, -0.15) is 42.7 Å². The van der Waals surface area contributed by atoms with Crippen molar-refractivity contribution in [3.05, 3.63) is 251 Å². The minimum atomic E-state index is -4.15. The number of nitrogens with two attached hydrogens (primary N) is 1. The lowest BCUT2D eigenvalue weighted by Crippen LogP contribution is -2.57. The van der Waals surface area contributed by atoms with E-state index in [0.29, 0.717) is 26.0 Å². The number of hydrogen-bond acceptors (Lipinski definition) is 17. The van der Waals surface area contributed by atoms with Crippen LogP contribution in [-0.2, 0) is 60.0 Å². The molecule has 4 aliphatic heterocycles.